The Hall–Kier alpha value is -2.72. The van der Waals surface area contributed by atoms with Gasteiger partial charge in [0, 0.05) is 31.4 Å². The van der Waals surface area contributed by atoms with Gasteiger partial charge in [-0.2, -0.15) is 18.3 Å². The minimum atomic E-state index is -4.54. The summed E-state index contributed by atoms with van der Waals surface area (Å²) in [4.78, 5) is 24.8. The van der Waals surface area contributed by atoms with E-state index in [1.165, 1.54) is 4.90 Å². The molecule has 0 atom stereocenters. The van der Waals surface area contributed by atoms with Crippen LogP contribution in [-0.4, -0.2) is 46.4 Å². The van der Waals surface area contributed by atoms with Gasteiger partial charge in [-0.05, 0) is 19.1 Å². The van der Waals surface area contributed by atoms with Crippen LogP contribution in [0.5, 0.6) is 0 Å². The van der Waals surface area contributed by atoms with Gasteiger partial charge in [-0.25, -0.2) is 4.79 Å². The van der Waals surface area contributed by atoms with Crippen molar-refractivity contribution in [2.75, 3.05) is 19.7 Å². The molecule has 1 aromatic rings. The quantitative estimate of drug-likeness (QED) is 0.771. The first-order valence-corrected chi connectivity index (χ1v) is 7.56. The number of rotatable bonds is 5. The molecule has 0 radical (unpaired) electrons. The van der Waals surface area contributed by atoms with Crippen LogP contribution in [0.4, 0.5) is 18.0 Å². The Labute approximate surface area is 141 Å². The summed E-state index contributed by atoms with van der Waals surface area (Å²) in [5.41, 5.74) is 4.72. The number of hydrogen-bond acceptors (Lipinski definition) is 5. The maximum atomic E-state index is 12.4. The first kappa shape index (κ1) is 18.6. The van der Waals surface area contributed by atoms with E-state index < -0.39 is 23.9 Å². The van der Waals surface area contributed by atoms with E-state index in [2.05, 4.69) is 16.0 Å². The molecule has 2 rings (SSSR count). The summed E-state index contributed by atoms with van der Waals surface area (Å²) < 4.78 is 43.1. The Morgan fingerprint density at radius 3 is 2.72 bits per heavy atom. The Bertz CT molecular complexity index is 656. The number of aromatic nitrogens is 2. The van der Waals surface area contributed by atoms with E-state index in [1.807, 2.05) is 0 Å². The lowest BCUT2D eigenvalue weighted by atomic mass is 10.2. The predicted octanol–water partition coefficient (Wildman–Crippen LogP) is 1.27. The molecule has 8 nitrogen and oxygen atoms in total. The molecule has 1 aliphatic heterocycles. The fourth-order valence-electron chi connectivity index (χ4n) is 2.10. The van der Waals surface area contributed by atoms with Crippen LogP contribution in [-0.2, 0) is 22.3 Å². The zero-order valence-corrected chi connectivity index (χ0v) is 13.5. The number of hydrogen-bond donors (Lipinski definition) is 2. The van der Waals surface area contributed by atoms with Crippen LogP contribution in [0, 0.1) is 0 Å². The number of carbonyl (C=O) groups is 2. The number of alkyl halides is 3. The topological polar surface area (TPSA) is 88.5 Å². The highest BCUT2D eigenvalue weighted by Crippen LogP contribution is 2.27. The van der Waals surface area contributed by atoms with E-state index in [0.717, 1.165) is 16.9 Å². The SMILES string of the molecule is CCOC(=O)N1CC=C(NNC(=O)Cn2ccc(C(F)(F)F)n2)CC1. The minimum Gasteiger partial charge on any atom is -0.450 e. The first-order chi connectivity index (χ1) is 11.8. The molecule has 138 valence electrons. The normalized spacial score (nSPS) is 14.7. The third kappa shape index (κ3) is 5.40. The van der Waals surface area contributed by atoms with E-state index in [9.17, 15) is 22.8 Å². The summed E-state index contributed by atoms with van der Waals surface area (Å²) in [6.07, 6.45) is -1.66. The molecule has 0 aliphatic carbocycles. The zero-order chi connectivity index (χ0) is 18.4. The molecule has 0 spiro atoms. The van der Waals surface area contributed by atoms with Crippen molar-refractivity contribution in [2.24, 2.45) is 0 Å². The van der Waals surface area contributed by atoms with Gasteiger partial charge >= 0.3 is 12.3 Å². The first-order valence-electron chi connectivity index (χ1n) is 7.56. The number of amides is 2. The summed E-state index contributed by atoms with van der Waals surface area (Å²) >= 11 is 0. The van der Waals surface area contributed by atoms with Crippen molar-refractivity contribution >= 4 is 12.0 Å². The van der Waals surface area contributed by atoms with E-state index in [-0.39, 0.29) is 6.54 Å². The fourth-order valence-corrected chi connectivity index (χ4v) is 2.10. The standard InChI is InChI=1S/C14H18F3N5O3/c1-2-25-13(24)21-6-3-10(4-7-21)18-19-12(23)9-22-8-5-11(20-22)14(15,16)17/h3,5,8,18H,2,4,6-7,9H2,1H3,(H,19,23). The number of halogens is 3. The Balaban J connectivity index is 1.77. The zero-order valence-electron chi connectivity index (χ0n) is 13.5. The van der Waals surface area contributed by atoms with Crippen molar-refractivity contribution in [2.45, 2.75) is 26.1 Å². The molecule has 0 saturated carbocycles. The van der Waals surface area contributed by atoms with Crippen molar-refractivity contribution in [1.82, 2.24) is 25.5 Å². The highest BCUT2D eigenvalue weighted by atomic mass is 19.4. The summed E-state index contributed by atoms with van der Waals surface area (Å²) in [5, 5.41) is 3.29. The average Bonchev–Trinajstić information content (AvgIpc) is 3.02. The molecule has 0 bridgehead atoms. The number of hydrazine groups is 1. The maximum Gasteiger partial charge on any atom is 0.435 e. The van der Waals surface area contributed by atoms with Gasteiger partial charge in [0.25, 0.3) is 5.91 Å². The number of nitrogens with zero attached hydrogens (tertiary/aromatic N) is 3. The molecule has 2 amide bonds. The smallest absolute Gasteiger partial charge is 0.435 e. The summed E-state index contributed by atoms with van der Waals surface area (Å²) in [5.74, 6) is -0.550. The van der Waals surface area contributed by atoms with E-state index in [4.69, 9.17) is 4.74 Å². The van der Waals surface area contributed by atoms with Gasteiger partial charge in [0.15, 0.2) is 5.69 Å². The van der Waals surface area contributed by atoms with Crippen LogP contribution in [0.2, 0.25) is 0 Å². The number of ether oxygens (including phenoxy) is 1. The van der Waals surface area contributed by atoms with Crippen molar-refractivity contribution in [3.05, 3.63) is 29.7 Å². The third-order valence-corrected chi connectivity index (χ3v) is 3.33. The van der Waals surface area contributed by atoms with Crippen LogP contribution in [0.3, 0.4) is 0 Å². The Morgan fingerprint density at radius 1 is 1.40 bits per heavy atom. The lowest BCUT2D eigenvalue weighted by Gasteiger charge is -2.26. The molecule has 0 fully saturated rings. The lowest BCUT2D eigenvalue weighted by Crippen LogP contribution is -2.43. The Morgan fingerprint density at radius 2 is 2.16 bits per heavy atom. The molecular weight excluding hydrogens is 343 g/mol. The van der Waals surface area contributed by atoms with Crippen molar-refractivity contribution in [1.29, 1.82) is 0 Å². The van der Waals surface area contributed by atoms with Crippen molar-refractivity contribution < 1.29 is 27.5 Å². The van der Waals surface area contributed by atoms with Crippen LogP contribution >= 0.6 is 0 Å². The molecule has 0 saturated heterocycles. The van der Waals surface area contributed by atoms with Gasteiger partial charge in [-0.15, -0.1) is 0 Å². The predicted molar refractivity (Wildman–Crippen MR) is 79.8 cm³/mol. The molecule has 1 aromatic heterocycles. The average molecular weight is 361 g/mol. The van der Waals surface area contributed by atoms with Crippen LogP contribution in [0.1, 0.15) is 19.0 Å². The van der Waals surface area contributed by atoms with E-state index >= 15 is 0 Å². The molecular formula is C14H18F3N5O3. The van der Waals surface area contributed by atoms with Gasteiger partial charge in [-0.1, -0.05) is 0 Å². The summed E-state index contributed by atoms with van der Waals surface area (Å²) in [6, 6.07) is 0.800. The van der Waals surface area contributed by atoms with Crippen LogP contribution in [0.15, 0.2) is 24.0 Å². The fraction of sp³-hybridized carbons (Fsp3) is 0.500. The van der Waals surface area contributed by atoms with Crippen LogP contribution in [0.25, 0.3) is 0 Å². The van der Waals surface area contributed by atoms with Gasteiger partial charge in [0.2, 0.25) is 0 Å². The Kier molecular flexibility index (Phi) is 5.88. The highest BCUT2D eigenvalue weighted by molar-refractivity contribution is 5.75. The highest BCUT2D eigenvalue weighted by Gasteiger charge is 2.33. The van der Waals surface area contributed by atoms with E-state index in [1.54, 1.807) is 13.0 Å². The largest absolute Gasteiger partial charge is 0.450 e. The molecule has 0 unspecified atom stereocenters. The second-order valence-electron chi connectivity index (χ2n) is 5.19. The van der Waals surface area contributed by atoms with Crippen molar-refractivity contribution in [3.63, 3.8) is 0 Å². The molecule has 2 heterocycles. The van der Waals surface area contributed by atoms with Gasteiger partial charge < -0.3 is 15.1 Å². The van der Waals surface area contributed by atoms with Gasteiger partial charge in [0.05, 0.1) is 6.61 Å². The monoisotopic (exact) mass is 361 g/mol. The third-order valence-electron chi connectivity index (χ3n) is 3.33. The molecule has 0 aromatic carbocycles. The number of nitrogens with one attached hydrogen (secondary N) is 2. The molecule has 2 N–H and O–H groups in total. The van der Waals surface area contributed by atoms with Crippen LogP contribution < -0.4 is 10.9 Å². The van der Waals surface area contributed by atoms with Crippen molar-refractivity contribution in [3.8, 4) is 0 Å². The summed E-state index contributed by atoms with van der Waals surface area (Å²) in [7, 11) is 0. The molecule has 11 heteroatoms. The van der Waals surface area contributed by atoms with E-state index in [0.29, 0.717) is 31.8 Å². The second kappa shape index (κ2) is 7.90. The van der Waals surface area contributed by atoms with Gasteiger partial charge in [-0.3, -0.25) is 14.9 Å². The molecule has 1 aliphatic rings. The maximum absolute atomic E-state index is 12.4. The number of carbonyl (C=O) groups excluding carboxylic acids is 2. The second-order valence-corrected chi connectivity index (χ2v) is 5.19. The minimum absolute atomic E-state index is 0.295. The lowest BCUT2D eigenvalue weighted by molar-refractivity contribution is -0.141. The summed E-state index contributed by atoms with van der Waals surface area (Å²) in [6.45, 7) is 2.43. The van der Waals surface area contributed by atoms with Gasteiger partial charge in [0.1, 0.15) is 6.54 Å². The molecule has 25 heavy (non-hydrogen) atoms.